The third-order valence-corrected chi connectivity index (χ3v) is 4.28. The van der Waals surface area contributed by atoms with Gasteiger partial charge in [0.1, 0.15) is 17.1 Å². The maximum absolute atomic E-state index is 9.93. The molecule has 1 fully saturated rings. The minimum atomic E-state index is 0.251. The van der Waals surface area contributed by atoms with Crippen LogP contribution in [0.25, 0.3) is 10.9 Å². The molecule has 2 heterocycles. The minimum Gasteiger partial charge on any atom is -0.506 e. The number of aromatic nitrogens is 1. The maximum Gasteiger partial charge on any atom is 0.141 e. The Hall–Kier alpha value is -1.81. The van der Waals surface area contributed by atoms with Crippen LogP contribution in [0, 0.1) is 0 Å². The standard InChI is InChI=1S/C16H21N3O/c1-18-10-8-13(9-11-18)19(2)15-7-6-12-4-3-5-14(20)16(12)17-15/h3-7,13,20H,8-11H2,1-2H3. The van der Waals surface area contributed by atoms with Gasteiger partial charge < -0.3 is 14.9 Å². The van der Waals surface area contributed by atoms with E-state index < -0.39 is 0 Å². The maximum atomic E-state index is 9.93. The van der Waals surface area contributed by atoms with Crippen molar-refractivity contribution >= 4 is 16.7 Å². The molecule has 1 saturated heterocycles. The molecule has 0 atom stereocenters. The lowest BCUT2D eigenvalue weighted by Crippen LogP contribution is -2.42. The predicted molar refractivity (Wildman–Crippen MR) is 82.3 cm³/mol. The molecule has 3 rings (SSSR count). The second-order valence-corrected chi connectivity index (χ2v) is 5.66. The number of hydrogen-bond donors (Lipinski definition) is 1. The highest BCUT2D eigenvalue weighted by molar-refractivity contribution is 5.85. The van der Waals surface area contributed by atoms with Crippen LogP contribution in [-0.2, 0) is 0 Å². The third kappa shape index (κ3) is 2.43. The van der Waals surface area contributed by atoms with Crippen molar-refractivity contribution in [3.05, 3.63) is 30.3 Å². The highest BCUT2D eigenvalue weighted by Gasteiger charge is 2.21. The lowest BCUT2D eigenvalue weighted by molar-refractivity contribution is 0.252. The van der Waals surface area contributed by atoms with Crippen LogP contribution in [0.5, 0.6) is 5.75 Å². The van der Waals surface area contributed by atoms with Gasteiger partial charge in [0, 0.05) is 18.5 Å². The summed E-state index contributed by atoms with van der Waals surface area (Å²) in [5, 5.41) is 10.9. The van der Waals surface area contributed by atoms with E-state index in [2.05, 4.69) is 28.9 Å². The summed E-state index contributed by atoms with van der Waals surface area (Å²) in [6.45, 7) is 2.27. The number of likely N-dealkylation sites (tertiary alicyclic amines) is 1. The van der Waals surface area contributed by atoms with E-state index >= 15 is 0 Å². The molecule has 0 saturated carbocycles. The van der Waals surface area contributed by atoms with Gasteiger partial charge >= 0.3 is 0 Å². The van der Waals surface area contributed by atoms with Crippen LogP contribution in [0.15, 0.2) is 30.3 Å². The molecule has 0 aliphatic carbocycles. The second kappa shape index (κ2) is 5.29. The van der Waals surface area contributed by atoms with Crippen molar-refractivity contribution in [1.82, 2.24) is 9.88 Å². The molecule has 0 spiro atoms. The van der Waals surface area contributed by atoms with Gasteiger partial charge in [-0.25, -0.2) is 4.98 Å². The summed E-state index contributed by atoms with van der Waals surface area (Å²) in [5.74, 6) is 1.19. The zero-order valence-corrected chi connectivity index (χ0v) is 12.1. The fourth-order valence-electron chi connectivity index (χ4n) is 2.89. The number of phenolic OH excluding ortho intramolecular Hbond substituents is 1. The van der Waals surface area contributed by atoms with Crippen LogP contribution in [0.3, 0.4) is 0 Å². The van der Waals surface area contributed by atoms with Gasteiger partial charge in [-0.1, -0.05) is 12.1 Å². The van der Waals surface area contributed by atoms with Gasteiger partial charge in [0.15, 0.2) is 0 Å². The van der Waals surface area contributed by atoms with Crippen molar-refractivity contribution in [2.45, 2.75) is 18.9 Å². The summed E-state index contributed by atoms with van der Waals surface area (Å²) >= 11 is 0. The Morgan fingerprint density at radius 3 is 2.70 bits per heavy atom. The number of benzene rings is 1. The van der Waals surface area contributed by atoms with E-state index in [4.69, 9.17) is 0 Å². The lowest BCUT2D eigenvalue weighted by atomic mass is 10.0. The molecule has 4 heteroatoms. The van der Waals surface area contributed by atoms with Gasteiger partial charge in [0.05, 0.1) is 0 Å². The molecule has 0 radical (unpaired) electrons. The minimum absolute atomic E-state index is 0.251. The molecule has 0 amide bonds. The van der Waals surface area contributed by atoms with Gasteiger partial charge in [0.2, 0.25) is 0 Å². The SMILES string of the molecule is CN1CCC(N(C)c2ccc3cccc(O)c3n2)CC1. The molecule has 1 aromatic heterocycles. The number of anilines is 1. The number of nitrogens with zero attached hydrogens (tertiary/aromatic N) is 3. The molecule has 0 bridgehead atoms. The lowest BCUT2D eigenvalue weighted by Gasteiger charge is -2.35. The van der Waals surface area contributed by atoms with Crippen molar-refractivity contribution in [3.63, 3.8) is 0 Å². The summed E-state index contributed by atoms with van der Waals surface area (Å²) in [6, 6.07) is 10.1. The zero-order valence-electron chi connectivity index (χ0n) is 12.1. The molecular weight excluding hydrogens is 250 g/mol. The average molecular weight is 271 g/mol. The first-order valence-electron chi connectivity index (χ1n) is 7.15. The Labute approximate surface area is 119 Å². The number of aromatic hydroxyl groups is 1. The highest BCUT2D eigenvalue weighted by Crippen LogP contribution is 2.27. The molecule has 106 valence electrons. The number of rotatable bonds is 2. The highest BCUT2D eigenvalue weighted by atomic mass is 16.3. The number of piperidine rings is 1. The van der Waals surface area contributed by atoms with Crippen molar-refractivity contribution < 1.29 is 5.11 Å². The van der Waals surface area contributed by atoms with Gasteiger partial charge in [0.25, 0.3) is 0 Å². The van der Waals surface area contributed by atoms with E-state index in [-0.39, 0.29) is 5.75 Å². The van der Waals surface area contributed by atoms with Crippen LogP contribution in [0.2, 0.25) is 0 Å². The summed E-state index contributed by atoms with van der Waals surface area (Å²) < 4.78 is 0. The van der Waals surface area contributed by atoms with Crippen LogP contribution < -0.4 is 4.90 Å². The monoisotopic (exact) mass is 271 g/mol. The first-order valence-corrected chi connectivity index (χ1v) is 7.15. The van der Waals surface area contributed by atoms with E-state index in [1.54, 1.807) is 6.07 Å². The number of hydrogen-bond acceptors (Lipinski definition) is 4. The Morgan fingerprint density at radius 2 is 1.95 bits per heavy atom. The summed E-state index contributed by atoms with van der Waals surface area (Å²) in [6.07, 6.45) is 2.32. The Bertz CT molecular complexity index is 606. The van der Waals surface area contributed by atoms with Crippen LogP contribution in [0.4, 0.5) is 5.82 Å². The second-order valence-electron chi connectivity index (χ2n) is 5.66. The number of pyridine rings is 1. The molecular formula is C16H21N3O. The van der Waals surface area contributed by atoms with Crippen LogP contribution in [0.1, 0.15) is 12.8 Å². The van der Waals surface area contributed by atoms with Crippen LogP contribution in [-0.4, -0.2) is 48.2 Å². The van der Waals surface area contributed by atoms with Crippen molar-refractivity contribution in [2.75, 3.05) is 32.1 Å². The fourth-order valence-corrected chi connectivity index (χ4v) is 2.89. The molecule has 0 unspecified atom stereocenters. The number of fused-ring (bicyclic) bond motifs is 1. The fraction of sp³-hybridized carbons (Fsp3) is 0.438. The summed E-state index contributed by atoms with van der Waals surface area (Å²) in [4.78, 5) is 9.25. The quantitative estimate of drug-likeness (QED) is 0.911. The number of para-hydroxylation sites is 1. The smallest absolute Gasteiger partial charge is 0.141 e. The van der Waals surface area contributed by atoms with Crippen molar-refractivity contribution in [2.24, 2.45) is 0 Å². The average Bonchev–Trinajstić information content (AvgIpc) is 2.47. The van der Waals surface area contributed by atoms with Gasteiger partial charge in [-0.3, -0.25) is 0 Å². The molecule has 1 aliphatic rings. The van der Waals surface area contributed by atoms with E-state index in [1.807, 2.05) is 24.3 Å². The van der Waals surface area contributed by atoms with E-state index in [0.717, 1.165) is 37.1 Å². The molecule has 2 aromatic rings. The molecule has 1 N–H and O–H groups in total. The first-order chi connectivity index (χ1) is 9.65. The first kappa shape index (κ1) is 13.2. The van der Waals surface area contributed by atoms with Crippen LogP contribution >= 0.6 is 0 Å². The van der Waals surface area contributed by atoms with Crippen molar-refractivity contribution in [1.29, 1.82) is 0 Å². The van der Waals surface area contributed by atoms with Crippen molar-refractivity contribution in [3.8, 4) is 5.75 Å². The zero-order chi connectivity index (χ0) is 14.1. The van der Waals surface area contributed by atoms with Gasteiger partial charge in [-0.2, -0.15) is 0 Å². The third-order valence-electron chi connectivity index (χ3n) is 4.28. The van der Waals surface area contributed by atoms with E-state index in [1.165, 1.54) is 0 Å². The Morgan fingerprint density at radius 1 is 1.20 bits per heavy atom. The topological polar surface area (TPSA) is 39.6 Å². The Kier molecular flexibility index (Phi) is 3.49. The molecule has 4 nitrogen and oxygen atoms in total. The summed E-state index contributed by atoms with van der Waals surface area (Å²) in [7, 11) is 4.27. The number of phenols is 1. The molecule has 1 aromatic carbocycles. The summed E-state index contributed by atoms with van der Waals surface area (Å²) in [5.41, 5.74) is 0.685. The molecule has 1 aliphatic heterocycles. The largest absolute Gasteiger partial charge is 0.506 e. The molecule has 20 heavy (non-hydrogen) atoms. The normalized spacial score (nSPS) is 17.5. The van der Waals surface area contributed by atoms with E-state index in [0.29, 0.717) is 11.6 Å². The van der Waals surface area contributed by atoms with Gasteiger partial charge in [-0.05, 0) is 51.2 Å². The predicted octanol–water partition coefficient (Wildman–Crippen LogP) is 2.47. The van der Waals surface area contributed by atoms with E-state index in [9.17, 15) is 5.11 Å². The Balaban J connectivity index is 1.88. The van der Waals surface area contributed by atoms with Gasteiger partial charge in [-0.15, -0.1) is 0 Å².